The standard InChI is InChI=1S/C7H18O5S2Si.C7H8/c1-5-10-15(11-6-2,12-7-3)13-14(4,8)9;1-7-5-3-2-4-6-7/h5-7H2,1-4H3;2-6H,1H3. The lowest BCUT2D eigenvalue weighted by Crippen LogP contribution is -2.43. The molecule has 1 rings (SSSR count). The van der Waals surface area contributed by atoms with Gasteiger partial charge in [0.05, 0.1) is 0 Å². The molecule has 0 atom stereocenters. The average molecular weight is 367 g/mol. The molecular weight excluding hydrogens is 340 g/mol. The van der Waals surface area contributed by atoms with E-state index >= 15 is 0 Å². The number of rotatable bonds is 8. The fourth-order valence-electron chi connectivity index (χ4n) is 1.45. The van der Waals surface area contributed by atoms with Gasteiger partial charge < -0.3 is 13.3 Å². The van der Waals surface area contributed by atoms with Gasteiger partial charge in [0.15, 0.2) is 8.87 Å². The topological polar surface area (TPSA) is 61.8 Å². The van der Waals surface area contributed by atoms with E-state index in [1.165, 1.54) is 5.56 Å². The zero-order valence-electron chi connectivity index (χ0n) is 13.9. The van der Waals surface area contributed by atoms with E-state index < -0.39 is 16.8 Å². The summed E-state index contributed by atoms with van der Waals surface area (Å²) in [7, 11) is -5.68. The van der Waals surface area contributed by atoms with Crippen molar-refractivity contribution in [2.24, 2.45) is 0 Å². The zero-order valence-corrected chi connectivity index (χ0v) is 16.5. The lowest BCUT2D eigenvalue weighted by Gasteiger charge is -2.25. The summed E-state index contributed by atoms with van der Waals surface area (Å²) in [6.45, 7) is 8.53. The molecule has 0 fully saturated rings. The molecule has 0 unspecified atom stereocenters. The molecule has 0 saturated heterocycles. The Bertz CT molecular complexity index is 476. The third-order valence-electron chi connectivity index (χ3n) is 2.16. The predicted octanol–water partition coefficient (Wildman–Crippen LogP) is 3.22. The number of aryl methyl sites for hydroxylation is 1. The second kappa shape index (κ2) is 11.2. The summed E-state index contributed by atoms with van der Waals surface area (Å²) >= 11 is 0. The Kier molecular flexibility index (Phi) is 11.0. The van der Waals surface area contributed by atoms with Gasteiger partial charge in [-0.2, -0.15) is 0 Å². The van der Waals surface area contributed by atoms with Crippen LogP contribution in [0.2, 0.25) is 0 Å². The van der Waals surface area contributed by atoms with Gasteiger partial charge in [0.2, 0.25) is 0 Å². The molecule has 1 aromatic rings. The molecule has 8 heteroatoms. The van der Waals surface area contributed by atoms with Crippen molar-refractivity contribution in [2.75, 3.05) is 26.1 Å². The minimum atomic E-state index is -3.24. The average Bonchev–Trinajstić information content (AvgIpc) is 2.39. The van der Waals surface area contributed by atoms with Crippen LogP contribution < -0.4 is 0 Å². The minimum Gasteiger partial charge on any atom is -0.365 e. The van der Waals surface area contributed by atoms with Crippen molar-refractivity contribution in [1.82, 2.24) is 0 Å². The van der Waals surface area contributed by atoms with E-state index in [0.717, 1.165) is 6.26 Å². The highest BCUT2D eigenvalue weighted by Gasteiger charge is 2.46. The van der Waals surface area contributed by atoms with Gasteiger partial charge in [0, 0.05) is 36.3 Å². The van der Waals surface area contributed by atoms with Crippen molar-refractivity contribution < 1.29 is 21.7 Å². The summed E-state index contributed by atoms with van der Waals surface area (Å²) in [5, 5.41) is 0. The Labute approximate surface area is 138 Å². The van der Waals surface area contributed by atoms with E-state index in [1.54, 1.807) is 20.8 Å². The van der Waals surface area contributed by atoms with Crippen LogP contribution in [0.4, 0.5) is 0 Å². The summed E-state index contributed by atoms with van der Waals surface area (Å²) in [4.78, 5) is 0. The maximum atomic E-state index is 11.2. The largest absolute Gasteiger partial charge is 0.588 e. The van der Waals surface area contributed by atoms with E-state index in [4.69, 9.17) is 13.3 Å². The molecule has 0 bridgehead atoms. The lowest BCUT2D eigenvalue weighted by atomic mass is 10.2. The monoisotopic (exact) mass is 366 g/mol. The molecule has 0 radical (unpaired) electrons. The van der Waals surface area contributed by atoms with Crippen LogP contribution in [0.3, 0.4) is 0 Å². The number of hydrogen-bond donors (Lipinski definition) is 0. The van der Waals surface area contributed by atoms with E-state index in [9.17, 15) is 8.42 Å². The van der Waals surface area contributed by atoms with Gasteiger partial charge in [-0.15, -0.1) is 0 Å². The van der Waals surface area contributed by atoms with Crippen LogP contribution in [-0.4, -0.2) is 42.4 Å². The second-order valence-electron chi connectivity index (χ2n) is 4.24. The Morgan fingerprint density at radius 2 is 1.36 bits per heavy atom. The minimum absolute atomic E-state index is 0.370. The van der Waals surface area contributed by atoms with Crippen molar-refractivity contribution in [3.63, 3.8) is 0 Å². The van der Waals surface area contributed by atoms with Gasteiger partial charge >= 0.3 is 7.95 Å². The quantitative estimate of drug-likeness (QED) is 0.520. The molecule has 1 aromatic carbocycles. The van der Waals surface area contributed by atoms with Crippen LogP contribution in [0.5, 0.6) is 0 Å². The van der Waals surface area contributed by atoms with E-state index in [-0.39, 0.29) is 0 Å². The fraction of sp³-hybridized carbons (Fsp3) is 0.571. The van der Waals surface area contributed by atoms with Crippen molar-refractivity contribution in [2.45, 2.75) is 27.7 Å². The molecule has 128 valence electrons. The van der Waals surface area contributed by atoms with Gasteiger partial charge in [-0.25, -0.2) is 8.42 Å². The molecule has 0 heterocycles. The molecule has 22 heavy (non-hydrogen) atoms. The van der Waals surface area contributed by atoms with E-state index in [2.05, 4.69) is 19.1 Å². The first-order chi connectivity index (χ1) is 10.3. The van der Waals surface area contributed by atoms with E-state index in [1.807, 2.05) is 18.2 Å². The molecule has 0 aliphatic heterocycles. The predicted molar refractivity (Wildman–Crippen MR) is 94.2 cm³/mol. The Balaban J connectivity index is 0.000000518. The fourth-order valence-corrected chi connectivity index (χ4v) is 10.5. The molecule has 0 N–H and O–H groups in total. The smallest absolute Gasteiger partial charge is 0.365 e. The molecule has 0 spiro atoms. The maximum Gasteiger partial charge on any atom is 0.588 e. The molecule has 0 aliphatic carbocycles. The summed E-state index contributed by atoms with van der Waals surface area (Å²) in [5.41, 5.74) is 1.32. The van der Waals surface area contributed by atoms with Crippen molar-refractivity contribution in [1.29, 1.82) is 0 Å². The summed E-state index contributed by atoms with van der Waals surface area (Å²) < 4.78 is 38.6. The van der Waals surface area contributed by atoms with Gasteiger partial charge in [-0.3, -0.25) is 0 Å². The van der Waals surface area contributed by atoms with Gasteiger partial charge in [0.1, 0.15) is 0 Å². The van der Waals surface area contributed by atoms with Gasteiger partial charge in [-0.1, -0.05) is 35.9 Å². The normalized spacial score (nSPS) is 11.7. The highest BCUT2D eigenvalue weighted by Crippen LogP contribution is 2.29. The van der Waals surface area contributed by atoms with Crippen LogP contribution in [0.15, 0.2) is 30.3 Å². The number of hydrogen-bond acceptors (Lipinski definition) is 6. The third-order valence-corrected chi connectivity index (χ3v) is 11.7. The highest BCUT2D eigenvalue weighted by atomic mass is 33.2. The Morgan fingerprint density at radius 3 is 1.59 bits per heavy atom. The molecule has 0 saturated carbocycles. The van der Waals surface area contributed by atoms with Crippen LogP contribution >= 0.6 is 10.2 Å². The molecule has 0 aliphatic rings. The molecule has 5 nitrogen and oxygen atoms in total. The first kappa shape index (κ1) is 21.6. The van der Waals surface area contributed by atoms with Crippen LogP contribution in [-0.2, 0) is 22.1 Å². The Morgan fingerprint density at radius 1 is 0.955 bits per heavy atom. The van der Waals surface area contributed by atoms with Crippen LogP contribution in [0.25, 0.3) is 0 Å². The zero-order chi connectivity index (χ0) is 17.1. The summed E-state index contributed by atoms with van der Waals surface area (Å²) in [6, 6.07) is 10.3. The van der Waals surface area contributed by atoms with Gasteiger partial charge in [0.25, 0.3) is 0 Å². The first-order valence-electron chi connectivity index (χ1n) is 7.12. The summed E-state index contributed by atoms with van der Waals surface area (Å²) in [5.74, 6) is 0. The SMILES string of the molecule is CCO[Si](OCC)(OCC)SS(C)(=O)=O.Cc1ccccc1. The van der Waals surface area contributed by atoms with Crippen molar-refractivity contribution in [3.8, 4) is 0 Å². The lowest BCUT2D eigenvalue weighted by molar-refractivity contribution is 0.0970. The van der Waals surface area contributed by atoms with E-state index in [0.29, 0.717) is 30.1 Å². The van der Waals surface area contributed by atoms with Gasteiger partial charge in [-0.05, 0) is 27.7 Å². The second-order valence-corrected chi connectivity index (χ2v) is 13.0. The van der Waals surface area contributed by atoms with Crippen LogP contribution in [0, 0.1) is 6.92 Å². The molecule has 0 aromatic heterocycles. The van der Waals surface area contributed by atoms with Crippen molar-refractivity contribution in [3.05, 3.63) is 35.9 Å². The molecule has 0 amide bonds. The first-order valence-corrected chi connectivity index (χ1v) is 12.8. The molecular formula is C14H26O5S2Si. The van der Waals surface area contributed by atoms with Crippen LogP contribution in [0.1, 0.15) is 26.3 Å². The summed E-state index contributed by atoms with van der Waals surface area (Å²) in [6.07, 6.45) is 1.12. The van der Waals surface area contributed by atoms with Crippen molar-refractivity contribution >= 4 is 27.1 Å². The number of benzene rings is 1. The Hall–Kier alpha value is -0.383. The third kappa shape index (κ3) is 10.4. The highest BCUT2D eigenvalue weighted by molar-refractivity contribution is 8.82. The maximum absolute atomic E-state index is 11.2.